The van der Waals surface area contributed by atoms with E-state index in [2.05, 4.69) is 15.4 Å². The number of rotatable bonds is 5. The topological polar surface area (TPSA) is 80.1 Å². The molecule has 154 valence electrons. The van der Waals surface area contributed by atoms with Gasteiger partial charge in [-0.1, -0.05) is 41.9 Å². The smallest absolute Gasteiger partial charge is 0.287 e. The SMILES string of the molecule is O=C(c1ccncc1)N1CCC(Nc2cnn(Cc3ccccc3)c(=O)c2Cl)CC1. The number of likely N-dealkylation sites (tertiary alicyclic amines) is 1. The lowest BCUT2D eigenvalue weighted by atomic mass is 10.0. The van der Waals surface area contributed by atoms with Gasteiger partial charge < -0.3 is 10.2 Å². The number of piperidine rings is 1. The van der Waals surface area contributed by atoms with Crippen LogP contribution in [0.2, 0.25) is 5.02 Å². The van der Waals surface area contributed by atoms with Gasteiger partial charge in [-0.25, -0.2) is 4.68 Å². The number of nitrogens with zero attached hydrogens (tertiary/aromatic N) is 4. The largest absolute Gasteiger partial charge is 0.380 e. The van der Waals surface area contributed by atoms with Crippen molar-refractivity contribution in [1.29, 1.82) is 0 Å². The van der Waals surface area contributed by atoms with Gasteiger partial charge in [0, 0.05) is 37.1 Å². The van der Waals surface area contributed by atoms with Crippen LogP contribution >= 0.6 is 11.6 Å². The maximum Gasteiger partial charge on any atom is 0.287 e. The number of carbonyl (C=O) groups is 1. The molecule has 0 aliphatic carbocycles. The highest BCUT2D eigenvalue weighted by Crippen LogP contribution is 2.21. The summed E-state index contributed by atoms with van der Waals surface area (Å²) in [6, 6.07) is 13.2. The molecule has 3 heterocycles. The van der Waals surface area contributed by atoms with E-state index in [0.29, 0.717) is 30.9 Å². The predicted octanol–water partition coefficient (Wildman–Crippen LogP) is 3.06. The number of nitrogens with one attached hydrogen (secondary N) is 1. The first-order valence-corrected chi connectivity index (χ1v) is 10.2. The molecule has 1 aliphatic heterocycles. The summed E-state index contributed by atoms with van der Waals surface area (Å²) in [4.78, 5) is 30.9. The van der Waals surface area contributed by atoms with Gasteiger partial charge in [-0.05, 0) is 30.5 Å². The number of hydrogen-bond donors (Lipinski definition) is 1. The zero-order chi connectivity index (χ0) is 20.9. The standard InChI is InChI=1S/C22H22ClN5O2/c23-20-19(14-25-28(22(20)30)15-16-4-2-1-3-5-16)26-18-8-12-27(13-9-18)21(29)17-6-10-24-11-7-17/h1-7,10-11,14,18,26H,8-9,12-13,15H2. The normalized spacial score (nSPS) is 14.5. The van der Waals surface area contributed by atoms with Gasteiger partial charge in [-0.3, -0.25) is 14.6 Å². The molecule has 0 saturated carbocycles. The summed E-state index contributed by atoms with van der Waals surface area (Å²) in [6.45, 7) is 1.64. The Morgan fingerprint density at radius 3 is 2.50 bits per heavy atom. The number of benzene rings is 1. The fourth-order valence-electron chi connectivity index (χ4n) is 3.56. The first kappa shape index (κ1) is 20.1. The van der Waals surface area contributed by atoms with Crippen molar-refractivity contribution in [2.45, 2.75) is 25.4 Å². The van der Waals surface area contributed by atoms with Crippen molar-refractivity contribution in [3.63, 3.8) is 0 Å². The average molecular weight is 424 g/mol. The van der Waals surface area contributed by atoms with Gasteiger partial charge in [-0.15, -0.1) is 0 Å². The highest BCUT2D eigenvalue weighted by Gasteiger charge is 2.24. The van der Waals surface area contributed by atoms with Gasteiger partial charge in [0.05, 0.1) is 18.4 Å². The Hall–Kier alpha value is -3.19. The van der Waals surface area contributed by atoms with E-state index in [0.717, 1.165) is 18.4 Å². The highest BCUT2D eigenvalue weighted by atomic mass is 35.5. The van der Waals surface area contributed by atoms with E-state index < -0.39 is 0 Å². The van der Waals surface area contributed by atoms with E-state index in [-0.39, 0.29) is 22.5 Å². The third-order valence-corrected chi connectivity index (χ3v) is 5.59. The molecule has 4 rings (SSSR count). The maximum atomic E-state index is 12.6. The van der Waals surface area contributed by atoms with Gasteiger partial charge >= 0.3 is 0 Å². The molecule has 1 fully saturated rings. The first-order chi connectivity index (χ1) is 14.6. The fraction of sp³-hybridized carbons (Fsp3) is 0.273. The zero-order valence-electron chi connectivity index (χ0n) is 16.4. The molecule has 0 unspecified atom stereocenters. The Kier molecular flexibility index (Phi) is 6.09. The molecule has 0 bridgehead atoms. The summed E-state index contributed by atoms with van der Waals surface area (Å²) < 4.78 is 1.36. The van der Waals surface area contributed by atoms with E-state index in [4.69, 9.17) is 11.6 Å². The van der Waals surface area contributed by atoms with E-state index in [1.807, 2.05) is 35.2 Å². The number of anilines is 1. The van der Waals surface area contributed by atoms with Gasteiger partial charge in [0.15, 0.2) is 0 Å². The quantitative estimate of drug-likeness (QED) is 0.682. The number of aromatic nitrogens is 3. The van der Waals surface area contributed by atoms with Gasteiger partial charge in [0.25, 0.3) is 11.5 Å². The van der Waals surface area contributed by atoms with Crippen molar-refractivity contribution >= 4 is 23.2 Å². The van der Waals surface area contributed by atoms with Crippen LogP contribution in [0.4, 0.5) is 5.69 Å². The van der Waals surface area contributed by atoms with E-state index >= 15 is 0 Å². The van der Waals surface area contributed by atoms with Crippen LogP contribution in [0.15, 0.2) is 65.8 Å². The molecule has 1 aromatic carbocycles. The minimum Gasteiger partial charge on any atom is -0.380 e. The predicted molar refractivity (Wildman–Crippen MR) is 116 cm³/mol. The van der Waals surface area contributed by atoms with Gasteiger partial charge in [-0.2, -0.15) is 5.10 Å². The molecule has 8 heteroatoms. The van der Waals surface area contributed by atoms with Crippen LogP contribution in [0.25, 0.3) is 0 Å². The summed E-state index contributed by atoms with van der Waals surface area (Å²) in [5.74, 6) is 0.0130. The molecule has 0 spiro atoms. The molecule has 3 aromatic rings. The van der Waals surface area contributed by atoms with Crippen LogP contribution < -0.4 is 10.9 Å². The summed E-state index contributed by atoms with van der Waals surface area (Å²) in [7, 11) is 0. The summed E-state index contributed by atoms with van der Waals surface area (Å²) in [5, 5.41) is 7.73. The van der Waals surface area contributed by atoms with Gasteiger partial charge in [0.2, 0.25) is 0 Å². The first-order valence-electron chi connectivity index (χ1n) is 9.87. The molecule has 1 amide bonds. The van der Waals surface area contributed by atoms with Crippen molar-refractivity contribution in [1.82, 2.24) is 19.7 Å². The van der Waals surface area contributed by atoms with Crippen molar-refractivity contribution in [2.75, 3.05) is 18.4 Å². The van der Waals surface area contributed by atoms with Crippen LogP contribution in [-0.4, -0.2) is 44.7 Å². The molecule has 0 radical (unpaired) electrons. The molecule has 2 aromatic heterocycles. The Balaban J connectivity index is 1.38. The maximum absolute atomic E-state index is 12.6. The van der Waals surface area contributed by atoms with E-state index in [1.165, 1.54) is 4.68 Å². The average Bonchev–Trinajstić information content (AvgIpc) is 2.80. The van der Waals surface area contributed by atoms with Crippen LogP contribution in [0.3, 0.4) is 0 Å². The van der Waals surface area contributed by atoms with Crippen molar-refractivity contribution in [2.24, 2.45) is 0 Å². The third-order valence-electron chi connectivity index (χ3n) is 5.23. The minimum atomic E-state index is -0.323. The lowest BCUT2D eigenvalue weighted by Gasteiger charge is -2.33. The van der Waals surface area contributed by atoms with Crippen molar-refractivity contribution in [3.8, 4) is 0 Å². The Bertz CT molecular complexity index is 1060. The molecular formula is C22H22ClN5O2. The molecule has 1 saturated heterocycles. The van der Waals surface area contributed by atoms with Crippen LogP contribution in [0.5, 0.6) is 0 Å². The minimum absolute atomic E-state index is 0.0130. The second-order valence-corrected chi connectivity index (χ2v) is 7.65. The monoisotopic (exact) mass is 423 g/mol. The van der Waals surface area contributed by atoms with Crippen LogP contribution in [-0.2, 0) is 6.54 Å². The Morgan fingerprint density at radius 1 is 1.10 bits per heavy atom. The number of hydrogen-bond acceptors (Lipinski definition) is 5. The van der Waals surface area contributed by atoms with Crippen molar-refractivity contribution < 1.29 is 4.79 Å². The highest BCUT2D eigenvalue weighted by molar-refractivity contribution is 6.32. The molecule has 1 aliphatic rings. The Labute approximate surface area is 179 Å². The van der Waals surface area contributed by atoms with E-state index in [1.54, 1.807) is 30.7 Å². The fourth-order valence-corrected chi connectivity index (χ4v) is 3.76. The van der Waals surface area contributed by atoms with Crippen LogP contribution in [0, 0.1) is 0 Å². The third kappa shape index (κ3) is 4.52. The second kappa shape index (κ2) is 9.09. The molecule has 7 nitrogen and oxygen atoms in total. The zero-order valence-corrected chi connectivity index (χ0v) is 17.1. The molecule has 1 N–H and O–H groups in total. The summed E-state index contributed by atoms with van der Waals surface area (Å²) in [6.07, 6.45) is 6.37. The van der Waals surface area contributed by atoms with Crippen molar-refractivity contribution in [3.05, 3.63) is 87.6 Å². The lowest BCUT2D eigenvalue weighted by Crippen LogP contribution is -2.42. The summed E-state index contributed by atoms with van der Waals surface area (Å²) in [5.41, 5.74) is 1.83. The van der Waals surface area contributed by atoms with Gasteiger partial charge in [0.1, 0.15) is 5.02 Å². The number of pyridine rings is 1. The van der Waals surface area contributed by atoms with E-state index in [9.17, 15) is 9.59 Å². The number of amides is 1. The molecule has 0 atom stereocenters. The second-order valence-electron chi connectivity index (χ2n) is 7.27. The summed E-state index contributed by atoms with van der Waals surface area (Å²) >= 11 is 6.34. The lowest BCUT2D eigenvalue weighted by molar-refractivity contribution is 0.0718. The van der Waals surface area contributed by atoms with Crippen LogP contribution in [0.1, 0.15) is 28.8 Å². The Morgan fingerprint density at radius 2 is 1.80 bits per heavy atom. The molecule has 30 heavy (non-hydrogen) atoms. The number of carbonyl (C=O) groups excluding carboxylic acids is 1. The number of halogens is 1. The molecular weight excluding hydrogens is 402 g/mol.